The summed E-state index contributed by atoms with van der Waals surface area (Å²) in [6.07, 6.45) is 1.36. The zero-order valence-corrected chi connectivity index (χ0v) is 12.9. The molecular weight excluding hydrogens is 284 g/mol. The third kappa shape index (κ3) is 3.64. The van der Waals surface area contributed by atoms with E-state index in [9.17, 15) is 5.11 Å². The summed E-state index contributed by atoms with van der Waals surface area (Å²) in [5.74, 6) is 0.362. The van der Waals surface area contributed by atoms with Gasteiger partial charge in [0.05, 0.1) is 0 Å². The zero-order chi connectivity index (χ0) is 16.2. The minimum absolute atomic E-state index is 0.362. The molecule has 0 atom stereocenters. The van der Waals surface area contributed by atoms with Crippen molar-refractivity contribution in [1.29, 1.82) is 0 Å². The molecule has 5 N–H and O–H groups in total. The third-order valence-corrected chi connectivity index (χ3v) is 3.95. The second-order valence-corrected chi connectivity index (χ2v) is 5.76. The molecule has 0 aliphatic rings. The number of phenols is 1. The van der Waals surface area contributed by atoms with Crippen molar-refractivity contribution < 1.29 is 5.11 Å². The maximum atomic E-state index is 10.6. The fourth-order valence-electron chi connectivity index (χ4n) is 2.64. The van der Waals surface area contributed by atoms with Crippen LogP contribution < -0.4 is 11.5 Å². The Hall–Kier alpha value is -2.94. The molecule has 0 saturated carbocycles. The fraction of sp³-hybridized carbons (Fsp3) is 0.100. The first-order valence-corrected chi connectivity index (χ1v) is 7.60. The van der Waals surface area contributed by atoms with E-state index in [0.29, 0.717) is 18.6 Å². The van der Waals surface area contributed by atoms with E-state index in [4.69, 9.17) is 11.5 Å². The quantitative estimate of drug-likeness (QED) is 0.643. The number of nitrogen functional groups attached to an aromatic ring is 2. The van der Waals surface area contributed by atoms with Gasteiger partial charge in [0.1, 0.15) is 5.75 Å². The van der Waals surface area contributed by atoms with E-state index < -0.39 is 0 Å². The lowest BCUT2D eigenvalue weighted by Gasteiger charge is -2.11. The van der Waals surface area contributed by atoms with E-state index in [2.05, 4.69) is 0 Å². The Kier molecular flexibility index (Phi) is 4.20. The number of nitrogens with two attached hydrogens (primary N) is 2. The van der Waals surface area contributed by atoms with Crippen molar-refractivity contribution in [2.45, 2.75) is 12.8 Å². The Bertz CT molecular complexity index is 727. The Morgan fingerprint density at radius 2 is 1.00 bits per heavy atom. The van der Waals surface area contributed by atoms with Crippen LogP contribution in [0.25, 0.3) is 0 Å². The molecule has 23 heavy (non-hydrogen) atoms. The average molecular weight is 304 g/mol. The second kappa shape index (κ2) is 6.44. The normalized spacial score (nSPS) is 10.6. The van der Waals surface area contributed by atoms with Gasteiger partial charge in [0.15, 0.2) is 0 Å². The zero-order valence-electron chi connectivity index (χ0n) is 12.9. The van der Waals surface area contributed by atoms with Gasteiger partial charge in [-0.3, -0.25) is 0 Å². The molecule has 0 heterocycles. The van der Waals surface area contributed by atoms with Gasteiger partial charge in [-0.15, -0.1) is 0 Å². The van der Waals surface area contributed by atoms with Gasteiger partial charge in [-0.25, -0.2) is 0 Å². The number of aromatic hydroxyl groups is 1. The van der Waals surface area contributed by atoms with Gasteiger partial charge in [0.2, 0.25) is 0 Å². The molecule has 116 valence electrons. The lowest BCUT2D eigenvalue weighted by atomic mass is 9.97. The average Bonchev–Trinajstić information content (AvgIpc) is 2.55. The molecule has 0 unspecified atom stereocenters. The van der Waals surface area contributed by atoms with Crippen molar-refractivity contribution in [3.05, 3.63) is 89.0 Å². The van der Waals surface area contributed by atoms with Crippen LogP contribution in [0.15, 0.2) is 66.7 Å². The number of hydrogen-bond donors (Lipinski definition) is 3. The molecule has 0 aliphatic heterocycles. The van der Waals surface area contributed by atoms with Crippen molar-refractivity contribution in [1.82, 2.24) is 0 Å². The van der Waals surface area contributed by atoms with Crippen molar-refractivity contribution in [3.63, 3.8) is 0 Å². The number of hydrogen-bond acceptors (Lipinski definition) is 3. The first-order chi connectivity index (χ1) is 11.1. The number of anilines is 2. The number of benzene rings is 3. The van der Waals surface area contributed by atoms with Gasteiger partial charge in [-0.2, -0.15) is 0 Å². The molecule has 3 nitrogen and oxygen atoms in total. The highest BCUT2D eigenvalue weighted by Crippen LogP contribution is 2.27. The number of para-hydroxylation sites is 1. The van der Waals surface area contributed by atoms with Crippen molar-refractivity contribution in [2.24, 2.45) is 0 Å². The highest BCUT2D eigenvalue weighted by molar-refractivity contribution is 5.47. The molecule has 0 saturated heterocycles. The summed E-state index contributed by atoms with van der Waals surface area (Å²) in [4.78, 5) is 0. The fourth-order valence-corrected chi connectivity index (χ4v) is 2.64. The molecule has 0 fully saturated rings. The summed E-state index contributed by atoms with van der Waals surface area (Å²) in [5.41, 5.74) is 17.0. The smallest absolute Gasteiger partial charge is 0.122 e. The van der Waals surface area contributed by atoms with E-state index in [1.165, 1.54) is 0 Å². The molecule has 0 bridgehead atoms. The van der Waals surface area contributed by atoms with Gasteiger partial charge < -0.3 is 16.6 Å². The van der Waals surface area contributed by atoms with E-state index in [0.717, 1.165) is 33.6 Å². The van der Waals surface area contributed by atoms with Gasteiger partial charge in [0, 0.05) is 24.2 Å². The lowest BCUT2D eigenvalue weighted by Crippen LogP contribution is -1.95. The molecule has 3 aromatic rings. The summed E-state index contributed by atoms with van der Waals surface area (Å²) < 4.78 is 0. The Morgan fingerprint density at radius 1 is 0.609 bits per heavy atom. The molecule has 3 aromatic carbocycles. The van der Waals surface area contributed by atoms with Crippen molar-refractivity contribution in [3.8, 4) is 5.75 Å². The van der Waals surface area contributed by atoms with Crippen LogP contribution in [0.2, 0.25) is 0 Å². The number of phenolic OH excluding ortho intramolecular Hbond substituents is 1. The highest BCUT2D eigenvalue weighted by atomic mass is 16.3. The van der Waals surface area contributed by atoms with Crippen LogP contribution >= 0.6 is 0 Å². The van der Waals surface area contributed by atoms with Crippen molar-refractivity contribution >= 4 is 11.4 Å². The summed E-state index contributed by atoms with van der Waals surface area (Å²) in [7, 11) is 0. The first kappa shape index (κ1) is 15.0. The minimum Gasteiger partial charge on any atom is -0.507 e. The Morgan fingerprint density at radius 3 is 1.39 bits per heavy atom. The van der Waals surface area contributed by atoms with Crippen LogP contribution in [0, 0.1) is 0 Å². The van der Waals surface area contributed by atoms with Crippen LogP contribution in [0.3, 0.4) is 0 Å². The molecule has 0 spiro atoms. The molecule has 0 aliphatic carbocycles. The summed E-state index contributed by atoms with van der Waals surface area (Å²) >= 11 is 0. The predicted molar refractivity (Wildman–Crippen MR) is 95.4 cm³/mol. The minimum atomic E-state index is 0.362. The van der Waals surface area contributed by atoms with Crippen LogP contribution in [0.5, 0.6) is 5.75 Å². The van der Waals surface area contributed by atoms with E-state index in [-0.39, 0.29) is 0 Å². The summed E-state index contributed by atoms with van der Waals surface area (Å²) in [5, 5.41) is 10.6. The topological polar surface area (TPSA) is 72.3 Å². The van der Waals surface area contributed by atoms with Gasteiger partial charge in [0.25, 0.3) is 0 Å². The predicted octanol–water partition coefficient (Wildman–Crippen LogP) is 3.74. The lowest BCUT2D eigenvalue weighted by molar-refractivity contribution is 0.463. The SMILES string of the molecule is Nc1ccc(Cc2cccc(Cc3ccc(N)cc3)c2O)cc1. The highest BCUT2D eigenvalue weighted by Gasteiger charge is 2.08. The summed E-state index contributed by atoms with van der Waals surface area (Å²) in [6, 6.07) is 21.4. The van der Waals surface area contributed by atoms with Gasteiger partial charge in [-0.05, 0) is 46.5 Å². The molecule has 3 heteroatoms. The van der Waals surface area contributed by atoms with Gasteiger partial charge >= 0.3 is 0 Å². The molecule has 0 aromatic heterocycles. The molecular formula is C20H20N2O. The number of rotatable bonds is 4. The molecule has 0 amide bonds. The maximum absolute atomic E-state index is 10.6. The van der Waals surface area contributed by atoms with E-state index >= 15 is 0 Å². The Balaban J connectivity index is 1.83. The second-order valence-electron chi connectivity index (χ2n) is 5.76. The molecule has 3 rings (SSSR count). The monoisotopic (exact) mass is 304 g/mol. The van der Waals surface area contributed by atoms with Crippen molar-refractivity contribution in [2.75, 3.05) is 11.5 Å². The largest absolute Gasteiger partial charge is 0.507 e. The third-order valence-electron chi connectivity index (χ3n) is 3.95. The maximum Gasteiger partial charge on any atom is 0.122 e. The van der Waals surface area contributed by atoms with Crippen LogP contribution in [-0.2, 0) is 12.8 Å². The van der Waals surface area contributed by atoms with Crippen LogP contribution in [-0.4, -0.2) is 5.11 Å². The van der Waals surface area contributed by atoms with Gasteiger partial charge in [-0.1, -0.05) is 42.5 Å². The standard InChI is InChI=1S/C20H20N2O/c21-18-8-4-14(5-9-18)12-16-2-1-3-17(20(16)23)13-15-6-10-19(22)11-7-15/h1-11,23H,12-13,21-22H2. The van der Waals surface area contributed by atoms with Crippen LogP contribution in [0.1, 0.15) is 22.3 Å². The summed E-state index contributed by atoms with van der Waals surface area (Å²) in [6.45, 7) is 0. The van der Waals surface area contributed by atoms with E-state index in [1.54, 1.807) is 0 Å². The molecule has 0 radical (unpaired) electrons. The van der Waals surface area contributed by atoms with E-state index in [1.807, 2.05) is 66.7 Å². The first-order valence-electron chi connectivity index (χ1n) is 7.60. The van der Waals surface area contributed by atoms with Crippen LogP contribution in [0.4, 0.5) is 11.4 Å². The Labute approximate surface area is 136 Å².